The molecule has 3 nitrogen and oxygen atoms in total. The van der Waals surface area contributed by atoms with Crippen LogP contribution < -0.4 is 0 Å². The molecule has 0 saturated carbocycles. The Morgan fingerprint density at radius 3 is 1.60 bits per heavy atom. The number of Topliss-reactive ketones (excluding diaryl/α,β-unsaturated/α-hetero) is 1. The van der Waals surface area contributed by atoms with E-state index in [1.54, 1.807) is 12.1 Å². The van der Waals surface area contributed by atoms with E-state index in [9.17, 15) is 9.59 Å². The van der Waals surface area contributed by atoms with Crippen LogP contribution in [-0.2, 0) is 9.53 Å². The molecule has 0 heterocycles. The van der Waals surface area contributed by atoms with Gasteiger partial charge in [0.25, 0.3) is 0 Å². The van der Waals surface area contributed by atoms with Crippen molar-refractivity contribution in [3.63, 3.8) is 0 Å². The molecule has 30 heavy (non-hydrogen) atoms. The fraction of sp³-hybridized carbons (Fsp3) is 0.704. The Morgan fingerprint density at radius 2 is 1.10 bits per heavy atom. The van der Waals surface area contributed by atoms with Crippen molar-refractivity contribution in [3.05, 3.63) is 35.9 Å². The zero-order valence-electron chi connectivity index (χ0n) is 19.3. The van der Waals surface area contributed by atoms with E-state index in [-0.39, 0.29) is 24.8 Å². The summed E-state index contributed by atoms with van der Waals surface area (Å²) < 4.78 is 5.19. The van der Waals surface area contributed by atoms with E-state index in [0.29, 0.717) is 12.0 Å². The molecule has 0 unspecified atom stereocenters. The molecule has 1 rings (SSSR count). The summed E-state index contributed by atoms with van der Waals surface area (Å²) in [7, 11) is 0. The Bertz CT molecular complexity index is 538. The van der Waals surface area contributed by atoms with Gasteiger partial charge in [-0.25, -0.2) is 0 Å². The molecule has 3 heteroatoms. The standard InChI is InChI=1S/C27H44O3/c1-2-3-4-5-6-7-8-9-10-11-12-13-14-15-19-22-27(29)30-24-23-26(28)25-20-17-16-18-21-25/h16-18,20-21H,2-15,19,22-24H2,1H3. The third-order valence-electron chi connectivity index (χ3n) is 5.67. The van der Waals surface area contributed by atoms with Crippen molar-refractivity contribution in [2.45, 2.75) is 116 Å². The highest BCUT2D eigenvalue weighted by Gasteiger charge is 2.07. The van der Waals surface area contributed by atoms with Crippen molar-refractivity contribution < 1.29 is 14.3 Å². The molecule has 0 aromatic heterocycles. The van der Waals surface area contributed by atoms with Crippen molar-refractivity contribution >= 4 is 11.8 Å². The van der Waals surface area contributed by atoms with Crippen LogP contribution in [0.4, 0.5) is 0 Å². The number of esters is 1. The van der Waals surface area contributed by atoms with E-state index < -0.39 is 0 Å². The van der Waals surface area contributed by atoms with E-state index in [0.717, 1.165) is 12.8 Å². The summed E-state index contributed by atoms with van der Waals surface area (Å²) in [6.07, 6.45) is 20.5. The molecule has 0 bridgehead atoms. The van der Waals surface area contributed by atoms with E-state index in [1.165, 1.54) is 83.5 Å². The summed E-state index contributed by atoms with van der Waals surface area (Å²) in [6.45, 7) is 2.46. The molecule has 0 aliphatic heterocycles. The van der Waals surface area contributed by atoms with Crippen LogP contribution in [0.15, 0.2) is 30.3 Å². The highest BCUT2D eigenvalue weighted by molar-refractivity contribution is 5.96. The third kappa shape index (κ3) is 15.2. The van der Waals surface area contributed by atoms with Gasteiger partial charge in [-0.3, -0.25) is 9.59 Å². The molecule has 0 amide bonds. The average Bonchev–Trinajstić information content (AvgIpc) is 2.77. The Labute approximate surface area is 185 Å². The van der Waals surface area contributed by atoms with Crippen molar-refractivity contribution in [1.82, 2.24) is 0 Å². The predicted octanol–water partition coefficient (Wildman–Crippen LogP) is 8.06. The number of carbonyl (C=O) groups excluding carboxylic acids is 2. The zero-order valence-corrected chi connectivity index (χ0v) is 19.3. The van der Waals surface area contributed by atoms with Crippen molar-refractivity contribution in [2.24, 2.45) is 0 Å². The van der Waals surface area contributed by atoms with Gasteiger partial charge in [0, 0.05) is 18.4 Å². The van der Waals surface area contributed by atoms with Gasteiger partial charge in [-0.2, -0.15) is 0 Å². The second-order valence-corrected chi connectivity index (χ2v) is 8.46. The maximum Gasteiger partial charge on any atom is 0.305 e. The Morgan fingerprint density at radius 1 is 0.633 bits per heavy atom. The summed E-state index contributed by atoms with van der Waals surface area (Å²) in [6, 6.07) is 9.15. The van der Waals surface area contributed by atoms with Crippen LogP contribution in [0.2, 0.25) is 0 Å². The Kier molecular flexibility index (Phi) is 17.0. The van der Waals surface area contributed by atoms with Gasteiger partial charge in [0.05, 0.1) is 6.61 Å². The number of rotatable bonds is 20. The summed E-state index contributed by atoms with van der Waals surface area (Å²) in [5.41, 5.74) is 0.677. The lowest BCUT2D eigenvalue weighted by Gasteiger charge is -2.05. The van der Waals surface area contributed by atoms with Crippen molar-refractivity contribution in [2.75, 3.05) is 6.61 Å². The Hall–Kier alpha value is -1.64. The van der Waals surface area contributed by atoms with Gasteiger partial charge in [-0.05, 0) is 6.42 Å². The van der Waals surface area contributed by atoms with Crippen LogP contribution in [0.3, 0.4) is 0 Å². The molecular weight excluding hydrogens is 372 g/mol. The molecule has 0 aliphatic rings. The van der Waals surface area contributed by atoms with E-state index in [4.69, 9.17) is 4.74 Å². The quantitative estimate of drug-likeness (QED) is 0.123. The largest absolute Gasteiger partial charge is 0.465 e. The van der Waals surface area contributed by atoms with Crippen LogP contribution in [-0.4, -0.2) is 18.4 Å². The number of ether oxygens (including phenoxy) is 1. The first-order valence-electron chi connectivity index (χ1n) is 12.5. The lowest BCUT2D eigenvalue weighted by Crippen LogP contribution is -2.09. The van der Waals surface area contributed by atoms with Gasteiger partial charge >= 0.3 is 5.97 Å². The first kappa shape index (κ1) is 26.4. The lowest BCUT2D eigenvalue weighted by atomic mass is 10.0. The monoisotopic (exact) mass is 416 g/mol. The van der Waals surface area contributed by atoms with E-state index in [2.05, 4.69) is 6.92 Å². The second-order valence-electron chi connectivity index (χ2n) is 8.46. The normalized spacial score (nSPS) is 10.8. The number of hydrogen-bond acceptors (Lipinski definition) is 3. The fourth-order valence-electron chi connectivity index (χ4n) is 3.74. The van der Waals surface area contributed by atoms with Crippen LogP contribution in [0, 0.1) is 0 Å². The molecule has 0 aliphatic carbocycles. The predicted molar refractivity (Wildman–Crippen MR) is 126 cm³/mol. The molecule has 0 atom stereocenters. The molecule has 1 aromatic carbocycles. The number of unbranched alkanes of at least 4 members (excludes halogenated alkanes) is 14. The zero-order chi connectivity index (χ0) is 21.7. The van der Waals surface area contributed by atoms with Crippen molar-refractivity contribution in [1.29, 1.82) is 0 Å². The summed E-state index contributed by atoms with van der Waals surface area (Å²) in [5.74, 6) is -0.152. The maximum atomic E-state index is 11.9. The number of benzene rings is 1. The van der Waals surface area contributed by atoms with Crippen LogP contribution >= 0.6 is 0 Å². The highest BCUT2D eigenvalue weighted by atomic mass is 16.5. The topological polar surface area (TPSA) is 43.4 Å². The fourth-order valence-corrected chi connectivity index (χ4v) is 3.74. The number of ketones is 1. The molecule has 0 N–H and O–H groups in total. The average molecular weight is 417 g/mol. The van der Waals surface area contributed by atoms with E-state index >= 15 is 0 Å². The SMILES string of the molecule is CCCCCCCCCCCCCCCCCC(=O)OCCC(=O)c1ccccc1. The molecule has 170 valence electrons. The molecule has 0 saturated heterocycles. The molecule has 0 radical (unpaired) electrons. The molecule has 0 fully saturated rings. The first-order chi connectivity index (χ1) is 14.7. The number of carbonyl (C=O) groups is 2. The van der Waals surface area contributed by atoms with Gasteiger partial charge in [0.2, 0.25) is 0 Å². The first-order valence-corrected chi connectivity index (χ1v) is 12.5. The minimum absolute atomic E-state index is 0.0235. The highest BCUT2D eigenvalue weighted by Crippen LogP contribution is 2.14. The maximum absolute atomic E-state index is 11.9. The van der Waals surface area contributed by atoms with Crippen LogP contribution in [0.1, 0.15) is 126 Å². The van der Waals surface area contributed by atoms with Gasteiger partial charge in [0.15, 0.2) is 5.78 Å². The third-order valence-corrected chi connectivity index (χ3v) is 5.67. The Balaban J connectivity index is 1.81. The minimum atomic E-state index is -0.175. The van der Waals surface area contributed by atoms with Gasteiger partial charge in [0.1, 0.15) is 0 Å². The lowest BCUT2D eigenvalue weighted by molar-refractivity contribution is -0.143. The second kappa shape index (κ2) is 19.3. The number of hydrogen-bond donors (Lipinski definition) is 0. The van der Waals surface area contributed by atoms with E-state index in [1.807, 2.05) is 18.2 Å². The summed E-state index contributed by atoms with van der Waals surface area (Å²) in [5, 5.41) is 0. The molecule has 0 spiro atoms. The smallest absolute Gasteiger partial charge is 0.305 e. The van der Waals surface area contributed by atoms with Crippen molar-refractivity contribution in [3.8, 4) is 0 Å². The molecule has 1 aromatic rings. The molecular formula is C27H44O3. The van der Waals surface area contributed by atoms with Gasteiger partial charge < -0.3 is 4.74 Å². The van der Waals surface area contributed by atoms with Gasteiger partial charge in [-0.15, -0.1) is 0 Å². The minimum Gasteiger partial charge on any atom is -0.465 e. The van der Waals surface area contributed by atoms with Gasteiger partial charge in [-0.1, -0.05) is 127 Å². The van der Waals surface area contributed by atoms with Crippen LogP contribution in [0.25, 0.3) is 0 Å². The van der Waals surface area contributed by atoms with Crippen LogP contribution in [0.5, 0.6) is 0 Å². The summed E-state index contributed by atoms with van der Waals surface area (Å²) >= 11 is 0. The summed E-state index contributed by atoms with van der Waals surface area (Å²) in [4.78, 5) is 23.7.